The molecule has 0 saturated heterocycles. The number of aromatic nitrogens is 1. The van der Waals surface area contributed by atoms with Gasteiger partial charge in [0.05, 0.1) is 27.0 Å². The molecule has 3 heterocycles. The van der Waals surface area contributed by atoms with E-state index < -0.39 is 0 Å². The number of nitrogens with zero attached hydrogens (tertiary/aromatic N) is 3. The van der Waals surface area contributed by atoms with Crippen molar-refractivity contribution in [1.82, 2.24) is 4.98 Å². The molecule has 0 bridgehead atoms. The number of hydrogen-bond acceptors (Lipinski definition) is 5. The molecule has 1 aliphatic heterocycles. The fourth-order valence-electron chi connectivity index (χ4n) is 2.98. The van der Waals surface area contributed by atoms with Crippen LogP contribution in [0.2, 0.25) is 4.34 Å². The predicted molar refractivity (Wildman–Crippen MR) is 107 cm³/mol. The lowest BCUT2D eigenvalue weighted by Crippen LogP contribution is -2.16. The summed E-state index contributed by atoms with van der Waals surface area (Å²) in [6, 6.07) is 13.2. The number of pyridine rings is 1. The number of halogens is 1. The van der Waals surface area contributed by atoms with E-state index in [2.05, 4.69) is 15.3 Å². The fraction of sp³-hybridized carbons (Fsp3) is 0.100. The third-order valence-corrected chi connectivity index (χ3v) is 5.50. The van der Waals surface area contributed by atoms with Crippen LogP contribution in [-0.4, -0.2) is 16.6 Å². The zero-order valence-electron chi connectivity index (χ0n) is 14.3. The molecule has 1 aliphatic rings. The summed E-state index contributed by atoms with van der Waals surface area (Å²) in [6.07, 6.45) is 1.40. The van der Waals surface area contributed by atoms with Crippen LogP contribution in [0.4, 0.5) is 5.69 Å². The number of anilines is 1. The van der Waals surface area contributed by atoms with Gasteiger partial charge in [0.1, 0.15) is 11.8 Å². The molecule has 0 fully saturated rings. The number of aryl methyl sites for hydroxylation is 1. The first-order valence-electron chi connectivity index (χ1n) is 8.16. The zero-order chi connectivity index (χ0) is 19.0. The molecule has 132 valence electrons. The number of carbonyl (C=O) groups is 1. The van der Waals surface area contributed by atoms with Crippen LogP contribution in [0.5, 0.6) is 0 Å². The number of thiophene rings is 1. The molecule has 27 heavy (non-hydrogen) atoms. The van der Waals surface area contributed by atoms with Gasteiger partial charge in [-0.1, -0.05) is 17.7 Å². The number of nitrogens with one attached hydrogen (secondary N) is 1. The Labute approximate surface area is 165 Å². The van der Waals surface area contributed by atoms with Crippen molar-refractivity contribution in [2.45, 2.75) is 13.5 Å². The van der Waals surface area contributed by atoms with E-state index in [0.29, 0.717) is 33.4 Å². The van der Waals surface area contributed by atoms with Gasteiger partial charge >= 0.3 is 0 Å². The second-order valence-electron chi connectivity index (χ2n) is 6.10. The Morgan fingerprint density at radius 2 is 2.15 bits per heavy atom. The van der Waals surface area contributed by atoms with Gasteiger partial charge in [-0.2, -0.15) is 5.26 Å². The van der Waals surface area contributed by atoms with Crippen molar-refractivity contribution in [3.05, 3.63) is 79.8 Å². The van der Waals surface area contributed by atoms with Gasteiger partial charge < -0.3 is 5.32 Å². The summed E-state index contributed by atoms with van der Waals surface area (Å²) >= 11 is 7.53. The first-order valence-corrected chi connectivity index (χ1v) is 9.36. The Bertz CT molecular complexity index is 1140. The lowest BCUT2D eigenvalue weighted by Gasteiger charge is -2.09. The number of aliphatic imine (C=N–C) groups is 1. The zero-order valence-corrected chi connectivity index (χ0v) is 15.9. The van der Waals surface area contributed by atoms with Crippen molar-refractivity contribution < 1.29 is 4.79 Å². The van der Waals surface area contributed by atoms with Gasteiger partial charge in [-0.3, -0.25) is 9.79 Å². The minimum absolute atomic E-state index is 0.299. The number of nitriles is 1. The maximum absolute atomic E-state index is 12.6. The van der Waals surface area contributed by atoms with Crippen LogP contribution in [0, 0.1) is 18.3 Å². The van der Waals surface area contributed by atoms with Crippen molar-refractivity contribution in [2.24, 2.45) is 4.99 Å². The van der Waals surface area contributed by atoms with E-state index in [4.69, 9.17) is 16.9 Å². The van der Waals surface area contributed by atoms with Crippen LogP contribution >= 0.6 is 22.9 Å². The standard InChI is InChI=1S/C20H13ClN4OS/c1-11-6-12(8-22)9-23-18(11)20(26)25-14-3-2-13-10-24-19(15(13)7-14)16-4-5-17(21)27-16/h2-7,9H,10H2,1H3,(H,25,26). The molecule has 2 aromatic heterocycles. The molecule has 1 amide bonds. The van der Waals surface area contributed by atoms with Crippen LogP contribution in [-0.2, 0) is 6.54 Å². The van der Waals surface area contributed by atoms with Gasteiger partial charge in [0, 0.05) is 17.4 Å². The van der Waals surface area contributed by atoms with Gasteiger partial charge in [-0.15, -0.1) is 11.3 Å². The van der Waals surface area contributed by atoms with Crippen LogP contribution in [0.1, 0.15) is 37.6 Å². The van der Waals surface area contributed by atoms with E-state index >= 15 is 0 Å². The molecule has 3 aromatic rings. The third-order valence-electron chi connectivity index (χ3n) is 4.26. The molecule has 7 heteroatoms. The van der Waals surface area contributed by atoms with Crippen molar-refractivity contribution in [3.63, 3.8) is 0 Å². The number of rotatable bonds is 3. The lowest BCUT2D eigenvalue weighted by atomic mass is 10.0. The second-order valence-corrected chi connectivity index (χ2v) is 7.81. The number of hydrogen-bond donors (Lipinski definition) is 1. The minimum Gasteiger partial charge on any atom is -0.321 e. The predicted octanol–water partition coefficient (Wildman–Crippen LogP) is 4.58. The highest BCUT2D eigenvalue weighted by Gasteiger charge is 2.20. The van der Waals surface area contributed by atoms with E-state index in [9.17, 15) is 4.79 Å². The number of fused-ring (bicyclic) bond motifs is 1. The Balaban J connectivity index is 1.61. The maximum Gasteiger partial charge on any atom is 0.274 e. The quantitative estimate of drug-likeness (QED) is 0.708. The first kappa shape index (κ1) is 17.4. The summed E-state index contributed by atoms with van der Waals surface area (Å²) < 4.78 is 0.716. The Kier molecular flexibility index (Phi) is 4.48. The molecule has 0 spiro atoms. The highest BCUT2D eigenvalue weighted by Crippen LogP contribution is 2.31. The maximum atomic E-state index is 12.6. The largest absolute Gasteiger partial charge is 0.321 e. The first-order chi connectivity index (χ1) is 13.0. The van der Waals surface area contributed by atoms with Crippen molar-refractivity contribution in [2.75, 3.05) is 5.32 Å². The molecule has 0 unspecified atom stereocenters. The van der Waals surface area contributed by atoms with Crippen LogP contribution in [0.25, 0.3) is 0 Å². The lowest BCUT2D eigenvalue weighted by molar-refractivity contribution is 0.102. The Hall–Kier alpha value is -3.01. The molecule has 0 radical (unpaired) electrons. The average molecular weight is 393 g/mol. The van der Waals surface area contributed by atoms with E-state index in [0.717, 1.165) is 21.7 Å². The van der Waals surface area contributed by atoms with Crippen molar-refractivity contribution in [3.8, 4) is 6.07 Å². The minimum atomic E-state index is -0.312. The van der Waals surface area contributed by atoms with Gasteiger partial charge in [0.2, 0.25) is 0 Å². The molecule has 1 aromatic carbocycles. The number of carbonyl (C=O) groups excluding carboxylic acids is 1. The van der Waals surface area contributed by atoms with Crippen LogP contribution in [0.3, 0.4) is 0 Å². The highest BCUT2D eigenvalue weighted by atomic mass is 35.5. The van der Waals surface area contributed by atoms with Crippen molar-refractivity contribution >= 4 is 40.2 Å². The second kappa shape index (κ2) is 6.95. The van der Waals surface area contributed by atoms with E-state index in [1.807, 2.05) is 36.4 Å². The van der Waals surface area contributed by atoms with Crippen LogP contribution in [0.15, 0.2) is 47.6 Å². The normalized spacial score (nSPS) is 12.3. The molecular weight excluding hydrogens is 380 g/mol. The third kappa shape index (κ3) is 3.35. The molecule has 5 nitrogen and oxygen atoms in total. The van der Waals surface area contributed by atoms with E-state index in [-0.39, 0.29) is 5.91 Å². The van der Waals surface area contributed by atoms with Gasteiger partial charge in [0.15, 0.2) is 0 Å². The summed E-state index contributed by atoms with van der Waals surface area (Å²) in [7, 11) is 0. The molecule has 0 saturated carbocycles. The highest BCUT2D eigenvalue weighted by molar-refractivity contribution is 7.18. The fourth-order valence-corrected chi connectivity index (χ4v) is 4.04. The molecular formula is C20H13ClN4OS. The summed E-state index contributed by atoms with van der Waals surface area (Å²) in [5, 5.41) is 11.8. The van der Waals surface area contributed by atoms with Gasteiger partial charge in [-0.25, -0.2) is 4.98 Å². The molecule has 0 atom stereocenters. The Morgan fingerprint density at radius 1 is 1.30 bits per heavy atom. The summed E-state index contributed by atoms with van der Waals surface area (Å²) in [5.41, 5.74) is 5.05. The monoisotopic (exact) mass is 392 g/mol. The molecule has 0 aliphatic carbocycles. The van der Waals surface area contributed by atoms with Crippen LogP contribution < -0.4 is 5.32 Å². The average Bonchev–Trinajstić information content (AvgIpc) is 3.27. The number of benzene rings is 1. The summed E-state index contributed by atoms with van der Waals surface area (Å²) in [6.45, 7) is 2.38. The number of amides is 1. The van der Waals surface area contributed by atoms with Gasteiger partial charge in [0.25, 0.3) is 5.91 Å². The van der Waals surface area contributed by atoms with E-state index in [1.54, 1.807) is 13.0 Å². The molecule has 1 N–H and O–H groups in total. The summed E-state index contributed by atoms with van der Waals surface area (Å²) in [5.74, 6) is -0.312. The summed E-state index contributed by atoms with van der Waals surface area (Å²) in [4.78, 5) is 22.3. The smallest absolute Gasteiger partial charge is 0.274 e. The van der Waals surface area contributed by atoms with Crippen molar-refractivity contribution in [1.29, 1.82) is 5.26 Å². The van der Waals surface area contributed by atoms with E-state index in [1.165, 1.54) is 17.5 Å². The van der Waals surface area contributed by atoms with Gasteiger partial charge in [-0.05, 0) is 48.4 Å². The Morgan fingerprint density at radius 3 is 2.85 bits per heavy atom. The topological polar surface area (TPSA) is 78.1 Å². The SMILES string of the molecule is Cc1cc(C#N)cnc1C(=O)Nc1ccc2c(c1)C(c1ccc(Cl)s1)=NC2. The molecule has 4 rings (SSSR count).